The van der Waals surface area contributed by atoms with Gasteiger partial charge in [-0.2, -0.15) is 18.4 Å². The van der Waals surface area contributed by atoms with Gasteiger partial charge in [0.1, 0.15) is 0 Å². The van der Waals surface area contributed by atoms with Crippen molar-refractivity contribution >= 4 is 5.69 Å². The molecule has 0 aromatic heterocycles. The second kappa shape index (κ2) is 4.89. The Morgan fingerprint density at radius 1 is 1.33 bits per heavy atom. The third-order valence-electron chi connectivity index (χ3n) is 3.02. The monoisotopic (exact) mass is 254 g/mol. The zero-order valence-electron chi connectivity index (χ0n) is 9.72. The van der Waals surface area contributed by atoms with Crippen LogP contribution in [0.1, 0.15) is 30.4 Å². The van der Waals surface area contributed by atoms with E-state index in [1.165, 1.54) is 25.0 Å². The van der Waals surface area contributed by atoms with Crippen LogP contribution in [-0.2, 0) is 6.18 Å². The number of nitrogens with one attached hydrogen (secondary N) is 1. The second-order valence-corrected chi connectivity index (χ2v) is 4.53. The van der Waals surface area contributed by atoms with Gasteiger partial charge >= 0.3 is 6.18 Å². The van der Waals surface area contributed by atoms with Gasteiger partial charge in [0.15, 0.2) is 0 Å². The number of hydrogen-bond acceptors (Lipinski definition) is 2. The highest BCUT2D eigenvalue weighted by Crippen LogP contribution is 2.36. The summed E-state index contributed by atoms with van der Waals surface area (Å²) in [5, 5.41) is 11.5. The number of hydrogen-bond donors (Lipinski definition) is 1. The molecule has 1 N–H and O–H groups in total. The van der Waals surface area contributed by atoms with E-state index in [0.29, 0.717) is 12.5 Å². The van der Waals surface area contributed by atoms with Crippen LogP contribution in [0.25, 0.3) is 0 Å². The fourth-order valence-electron chi connectivity index (χ4n) is 1.82. The smallest absolute Gasteiger partial charge is 0.385 e. The minimum Gasteiger partial charge on any atom is -0.385 e. The lowest BCUT2D eigenvalue weighted by Gasteiger charge is -2.14. The molecule has 18 heavy (non-hydrogen) atoms. The Labute approximate surface area is 103 Å². The van der Waals surface area contributed by atoms with Crippen LogP contribution in [0, 0.1) is 17.2 Å². The van der Waals surface area contributed by atoms with Crippen LogP contribution >= 0.6 is 0 Å². The molecule has 0 heterocycles. The van der Waals surface area contributed by atoms with Gasteiger partial charge in [-0.15, -0.1) is 0 Å². The Balaban J connectivity index is 2.13. The Morgan fingerprint density at radius 3 is 2.61 bits per heavy atom. The predicted octanol–water partition coefficient (Wildman–Crippen LogP) is 3.79. The van der Waals surface area contributed by atoms with Crippen LogP contribution in [0.15, 0.2) is 18.2 Å². The maximum absolute atomic E-state index is 12.8. The third kappa shape index (κ3) is 3.16. The average molecular weight is 254 g/mol. The Bertz CT molecular complexity index is 470. The van der Waals surface area contributed by atoms with E-state index in [2.05, 4.69) is 5.32 Å². The summed E-state index contributed by atoms with van der Waals surface area (Å²) in [4.78, 5) is 0. The number of benzene rings is 1. The minimum atomic E-state index is -4.44. The van der Waals surface area contributed by atoms with Crippen molar-refractivity contribution in [3.63, 3.8) is 0 Å². The van der Waals surface area contributed by atoms with Gasteiger partial charge in [-0.1, -0.05) is 12.8 Å². The highest BCUT2D eigenvalue weighted by atomic mass is 19.4. The summed E-state index contributed by atoms with van der Waals surface area (Å²) < 4.78 is 38.4. The molecule has 0 amide bonds. The summed E-state index contributed by atoms with van der Waals surface area (Å²) in [6.45, 7) is 0.541. The van der Waals surface area contributed by atoms with Crippen LogP contribution in [-0.4, -0.2) is 6.54 Å². The normalized spacial score (nSPS) is 15.2. The average Bonchev–Trinajstić information content (AvgIpc) is 3.12. The van der Waals surface area contributed by atoms with Gasteiger partial charge in [0, 0.05) is 12.2 Å². The molecule has 0 aliphatic heterocycles. The van der Waals surface area contributed by atoms with Crippen molar-refractivity contribution in [2.24, 2.45) is 5.92 Å². The van der Waals surface area contributed by atoms with E-state index in [9.17, 15) is 13.2 Å². The van der Waals surface area contributed by atoms with Crippen molar-refractivity contribution in [2.45, 2.75) is 25.4 Å². The summed E-state index contributed by atoms with van der Waals surface area (Å²) in [7, 11) is 0. The summed E-state index contributed by atoms with van der Waals surface area (Å²) in [6.07, 6.45) is -1.17. The molecule has 0 atom stereocenters. The molecule has 1 aromatic rings. The van der Waals surface area contributed by atoms with E-state index in [1.54, 1.807) is 6.07 Å². The number of halogens is 3. The van der Waals surface area contributed by atoms with E-state index in [-0.39, 0.29) is 11.3 Å². The van der Waals surface area contributed by atoms with Gasteiger partial charge in [0.05, 0.1) is 17.2 Å². The van der Waals surface area contributed by atoms with Gasteiger partial charge in [0.2, 0.25) is 0 Å². The molecule has 1 aliphatic rings. The highest BCUT2D eigenvalue weighted by molar-refractivity contribution is 5.56. The van der Waals surface area contributed by atoms with Crippen LogP contribution in [0.3, 0.4) is 0 Å². The molecule has 0 unspecified atom stereocenters. The molecule has 2 rings (SSSR count). The van der Waals surface area contributed by atoms with Crippen LogP contribution in [0.4, 0.5) is 18.9 Å². The van der Waals surface area contributed by atoms with Crippen molar-refractivity contribution in [3.05, 3.63) is 29.3 Å². The maximum atomic E-state index is 12.8. The Kier molecular flexibility index (Phi) is 3.46. The van der Waals surface area contributed by atoms with E-state index in [1.807, 2.05) is 0 Å². The molecule has 0 radical (unpaired) electrons. The van der Waals surface area contributed by atoms with Gasteiger partial charge in [-0.25, -0.2) is 0 Å². The fraction of sp³-hybridized carbons (Fsp3) is 0.462. The lowest BCUT2D eigenvalue weighted by Crippen LogP contribution is -2.12. The molecular weight excluding hydrogens is 241 g/mol. The first-order valence-electron chi connectivity index (χ1n) is 5.86. The zero-order valence-corrected chi connectivity index (χ0v) is 9.72. The van der Waals surface area contributed by atoms with Gasteiger partial charge in [0.25, 0.3) is 0 Å². The first-order chi connectivity index (χ1) is 8.50. The number of alkyl halides is 3. The molecule has 1 fully saturated rings. The third-order valence-corrected chi connectivity index (χ3v) is 3.02. The summed E-state index contributed by atoms with van der Waals surface area (Å²) in [5.41, 5.74) is -0.686. The SMILES string of the molecule is N#Cc1ccc(NCCC2CC2)c(C(F)(F)F)c1. The molecule has 96 valence electrons. The molecule has 2 nitrogen and oxygen atoms in total. The van der Waals surface area contributed by atoms with Crippen molar-refractivity contribution in [1.82, 2.24) is 0 Å². The lowest BCUT2D eigenvalue weighted by atomic mass is 10.1. The molecule has 1 saturated carbocycles. The largest absolute Gasteiger partial charge is 0.418 e. The van der Waals surface area contributed by atoms with E-state index < -0.39 is 11.7 Å². The van der Waals surface area contributed by atoms with Crippen molar-refractivity contribution in [1.29, 1.82) is 5.26 Å². The minimum absolute atomic E-state index is 0.0232. The summed E-state index contributed by atoms with van der Waals surface area (Å²) in [6, 6.07) is 5.34. The van der Waals surface area contributed by atoms with Crippen molar-refractivity contribution in [3.8, 4) is 6.07 Å². The molecule has 1 aliphatic carbocycles. The summed E-state index contributed by atoms with van der Waals surface area (Å²) in [5.74, 6) is 0.671. The van der Waals surface area contributed by atoms with Crippen molar-refractivity contribution < 1.29 is 13.2 Å². The number of anilines is 1. The van der Waals surface area contributed by atoms with E-state index in [0.717, 1.165) is 12.5 Å². The van der Waals surface area contributed by atoms with Crippen LogP contribution < -0.4 is 5.32 Å². The van der Waals surface area contributed by atoms with Gasteiger partial charge in [-0.3, -0.25) is 0 Å². The molecule has 0 saturated heterocycles. The molecular formula is C13H13F3N2. The highest BCUT2D eigenvalue weighted by Gasteiger charge is 2.34. The zero-order chi connectivity index (χ0) is 13.2. The quantitative estimate of drug-likeness (QED) is 0.887. The number of nitrogens with zero attached hydrogens (tertiary/aromatic N) is 1. The first kappa shape index (κ1) is 12.7. The van der Waals surface area contributed by atoms with Gasteiger partial charge < -0.3 is 5.32 Å². The van der Waals surface area contributed by atoms with Crippen molar-refractivity contribution in [2.75, 3.05) is 11.9 Å². The fourth-order valence-corrected chi connectivity index (χ4v) is 1.82. The molecule has 0 bridgehead atoms. The second-order valence-electron chi connectivity index (χ2n) is 4.53. The topological polar surface area (TPSA) is 35.8 Å². The maximum Gasteiger partial charge on any atom is 0.418 e. The Morgan fingerprint density at radius 2 is 2.06 bits per heavy atom. The lowest BCUT2D eigenvalue weighted by molar-refractivity contribution is -0.137. The molecule has 5 heteroatoms. The molecule has 0 spiro atoms. The number of nitriles is 1. The van der Waals surface area contributed by atoms with Crippen LogP contribution in [0.2, 0.25) is 0 Å². The van der Waals surface area contributed by atoms with Gasteiger partial charge in [-0.05, 0) is 30.5 Å². The first-order valence-corrected chi connectivity index (χ1v) is 5.86. The predicted molar refractivity (Wildman–Crippen MR) is 62.0 cm³/mol. The van der Waals surface area contributed by atoms with E-state index >= 15 is 0 Å². The number of rotatable bonds is 4. The standard InChI is InChI=1S/C13H13F3N2/c14-13(15,16)11-7-10(8-17)3-4-12(11)18-6-5-9-1-2-9/h3-4,7,9,18H,1-2,5-6H2. The summed E-state index contributed by atoms with van der Waals surface area (Å²) >= 11 is 0. The molecule has 1 aromatic carbocycles. The van der Waals surface area contributed by atoms with E-state index in [4.69, 9.17) is 5.26 Å². The Hall–Kier alpha value is -1.70. The van der Waals surface area contributed by atoms with Crippen LogP contribution in [0.5, 0.6) is 0 Å².